The maximum atomic E-state index is 11.0. The van der Waals surface area contributed by atoms with Crippen LogP contribution < -0.4 is 0 Å². The smallest absolute Gasteiger partial charge is 0.104 e. The van der Waals surface area contributed by atoms with Crippen LogP contribution in [0.5, 0.6) is 0 Å². The quantitative estimate of drug-likeness (QED) is 0.549. The summed E-state index contributed by atoms with van der Waals surface area (Å²) in [6.07, 6.45) is 1.51. The van der Waals surface area contributed by atoms with E-state index in [-0.39, 0.29) is 10.0 Å². The largest absolute Gasteiger partial charge is 0.699 e. The summed E-state index contributed by atoms with van der Waals surface area (Å²) in [6, 6.07) is 0. The predicted octanol–water partition coefficient (Wildman–Crippen LogP) is 3.94. The summed E-state index contributed by atoms with van der Waals surface area (Å²) in [4.78, 5) is 0. The fraction of sp³-hybridized carbons (Fsp3) is 1.00. The number of halogens is 2. The Morgan fingerprint density at radius 3 is 1.75 bits per heavy atom. The molecular weight excluding hydrogens is 311 g/mol. The van der Waals surface area contributed by atoms with E-state index in [1.165, 1.54) is 0 Å². The third-order valence-corrected chi connectivity index (χ3v) is 4.14. The zero-order chi connectivity index (χ0) is 9.56. The second kappa shape index (κ2) is 7.39. The molecule has 0 rings (SSSR count). The molecule has 0 fully saturated rings. The Labute approximate surface area is 90.4 Å². The molecule has 0 aromatic carbocycles. The summed E-state index contributed by atoms with van der Waals surface area (Å²) in [7, 11) is -2.01. The molecule has 12 heavy (non-hydrogen) atoms. The first-order valence-corrected chi connectivity index (χ1v) is 6.61. The van der Waals surface area contributed by atoms with Gasteiger partial charge in [0.05, 0.1) is 0 Å². The van der Waals surface area contributed by atoms with Crippen LogP contribution in [-0.2, 0) is 13.6 Å². The lowest BCUT2D eigenvalue weighted by molar-refractivity contribution is 0.203. The minimum Gasteiger partial charge on any atom is -0.104 e. The Hall–Kier alpha value is 0.980. The Balaban J connectivity index is 3.59. The van der Waals surface area contributed by atoms with Crippen LogP contribution in [0.3, 0.4) is 0 Å². The first-order chi connectivity index (χ1) is 5.60. The Kier molecular flexibility index (Phi) is 7.99. The van der Waals surface area contributed by atoms with Crippen LogP contribution in [0.4, 0.5) is 0 Å². The van der Waals surface area contributed by atoms with Crippen LogP contribution in [0, 0.1) is 0 Å². The number of rotatable bonds is 6. The van der Waals surface area contributed by atoms with Gasteiger partial charge in [-0.3, -0.25) is 0 Å². The van der Waals surface area contributed by atoms with Crippen molar-refractivity contribution in [1.29, 1.82) is 0 Å². The highest BCUT2D eigenvalue weighted by molar-refractivity contribution is 9.09. The Morgan fingerprint density at radius 1 is 1.17 bits per heavy atom. The van der Waals surface area contributed by atoms with Crippen LogP contribution in [0.2, 0.25) is 0 Å². The van der Waals surface area contributed by atoms with Crippen LogP contribution in [0.15, 0.2) is 0 Å². The fourth-order valence-corrected chi connectivity index (χ4v) is 1.90. The maximum Gasteiger partial charge on any atom is 0.699 e. The van der Waals surface area contributed by atoms with Crippen molar-refractivity contribution in [3.05, 3.63) is 0 Å². The number of hydrogen-bond donors (Lipinski definition) is 0. The van der Waals surface area contributed by atoms with E-state index in [2.05, 4.69) is 31.9 Å². The van der Waals surface area contributed by atoms with E-state index < -0.39 is 8.25 Å². The Morgan fingerprint density at radius 2 is 1.50 bits per heavy atom. The van der Waals surface area contributed by atoms with Gasteiger partial charge >= 0.3 is 8.25 Å². The molecule has 0 radical (unpaired) electrons. The highest BCUT2D eigenvalue weighted by Crippen LogP contribution is 2.33. The van der Waals surface area contributed by atoms with Crippen LogP contribution in [0.25, 0.3) is 0 Å². The topological polar surface area (TPSA) is 35.5 Å². The molecule has 0 bridgehead atoms. The van der Waals surface area contributed by atoms with Gasteiger partial charge in [0.2, 0.25) is 0 Å². The molecular formula is C6H12Br2O3P+. The highest BCUT2D eigenvalue weighted by atomic mass is 79.9. The normalized spacial score (nSPS) is 17.2. The average Bonchev–Trinajstić information content (AvgIpc) is 2.03. The molecule has 0 aromatic heterocycles. The molecule has 0 spiro atoms. The van der Waals surface area contributed by atoms with Crippen molar-refractivity contribution in [3.8, 4) is 0 Å². The third-order valence-electron chi connectivity index (χ3n) is 1.04. The van der Waals surface area contributed by atoms with Crippen LogP contribution in [-0.4, -0.2) is 10.0 Å². The molecule has 3 nitrogen and oxygen atoms in total. The molecule has 0 saturated heterocycles. The van der Waals surface area contributed by atoms with Crippen molar-refractivity contribution in [2.75, 3.05) is 0 Å². The monoisotopic (exact) mass is 321 g/mol. The van der Waals surface area contributed by atoms with Gasteiger partial charge < -0.3 is 0 Å². The molecule has 0 aliphatic rings. The van der Waals surface area contributed by atoms with Gasteiger partial charge in [-0.15, -0.1) is 9.05 Å². The molecule has 2 unspecified atom stereocenters. The molecule has 0 aliphatic heterocycles. The second-order valence-electron chi connectivity index (χ2n) is 2.07. The van der Waals surface area contributed by atoms with Crippen molar-refractivity contribution in [2.24, 2.45) is 0 Å². The minimum absolute atomic E-state index is 0.197. The van der Waals surface area contributed by atoms with Crippen molar-refractivity contribution in [1.82, 2.24) is 0 Å². The molecule has 0 N–H and O–H groups in total. The van der Waals surface area contributed by atoms with Gasteiger partial charge in [0.15, 0.2) is 10.0 Å². The van der Waals surface area contributed by atoms with E-state index in [1.54, 1.807) is 0 Å². The van der Waals surface area contributed by atoms with Gasteiger partial charge in [0.25, 0.3) is 0 Å². The number of hydrogen-bond acceptors (Lipinski definition) is 3. The fourth-order valence-electron chi connectivity index (χ4n) is 0.361. The van der Waals surface area contributed by atoms with Gasteiger partial charge in [0, 0.05) is 4.57 Å². The third kappa shape index (κ3) is 6.49. The maximum absolute atomic E-state index is 11.0. The summed E-state index contributed by atoms with van der Waals surface area (Å²) < 4.78 is 20.9. The van der Waals surface area contributed by atoms with Crippen molar-refractivity contribution in [3.63, 3.8) is 0 Å². The molecule has 0 saturated carbocycles. The van der Waals surface area contributed by atoms with E-state index in [0.717, 1.165) is 12.8 Å². The Bertz CT molecular complexity index is 131. The molecule has 0 amide bonds. The summed E-state index contributed by atoms with van der Waals surface area (Å²) in [5, 5.41) is -0.393. The van der Waals surface area contributed by atoms with Crippen molar-refractivity contribution >= 4 is 40.1 Å². The highest BCUT2D eigenvalue weighted by Gasteiger charge is 2.27. The predicted molar refractivity (Wildman–Crippen MR) is 55.8 cm³/mol. The van der Waals surface area contributed by atoms with E-state index in [1.807, 2.05) is 13.8 Å². The first-order valence-electron chi connectivity index (χ1n) is 3.69. The molecule has 0 heterocycles. The van der Waals surface area contributed by atoms with Crippen LogP contribution in [0.1, 0.15) is 26.7 Å². The van der Waals surface area contributed by atoms with Gasteiger partial charge in [-0.2, -0.15) is 0 Å². The lowest BCUT2D eigenvalue weighted by Gasteiger charge is -1.98. The van der Waals surface area contributed by atoms with Crippen molar-refractivity contribution in [2.45, 2.75) is 36.7 Å². The minimum atomic E-state index is -2.01. The molecule has 2 atom stereocenters. The summed E-state index contributed by atoms with van der Waals surface area (Å²) >= 11 is 6.38. The van der Waals surface area contributed by atoms with E-state index in [9.17, 15) is 4.57 Å². The van der Waals surface area contributed by atoms with E-state index >= 15 is 0 Å². The van der Waals surface area contributed by atoms with E-state index in [4.69, 9.17) is 9.05 Å². The van der Waals surface area contributed by atoms with Crippen LogP contribution >= 0.6 is 40.1 Å². The summed E-state index contributed by atoms with van der Waals surface area (Å²) in [5.74, 6) is 0. The summed E-state index contributed by atoms with van der Waals surface area (Å²) in [5.41, 5.74) is 0. The standard InChI is InChI=1S/C6H12Br2O3P/c1-3-5(7)10-12(9)11-6(8)4-2/h5-6H,3-4H2,1-2H3/q+1. The molecule has 0 aromatic rings. The lowest BCUT2D eigenvalue weighted by atomic mass is 10.5. The molecule has 0 aliphatic carbocycles. The molecule has 72 valence electrons. The zero-order valence-electron chi connectivity index (χ0n) is 7.00. The second-order valence-corrected chi connectivity index (χ2v) is 4.98. The number of alkyl halides is 2. The van der Waals surface area contributed by atoms with Gasteiger partial charge in [-0.05, 0) is 12.8 Å². The van der Waals surface area contributed by atoms with Gasteiger partial charge in [-0.25, -0.2) is 0 Å². The lowest BCUT2D eigenvalue weighted by Crippen LogP contribution is -2.00. The average molecular weight is 323 g/mol. The van der Waals surface area contributed by atoms with Gasteiger partial charge in [-0.1, -0.05) is 45.7 Å². The van der Waals surface area contributed by atoms with E-state index in [0.29, 0.717) is 0 Å². The van der Waals surface area contributed by atoms with Crippen molar-refractivity contribution < 1.29 is 13.6 Å². The summed E-state index contributed by atoms with van der Waals surface area (Å²) in [6.45, 7) is 3.85. The SMILES string of the molecule is CCC(Br)O[P+](=O)OC(Br)CC. The first kappa shape index (κ1) is 13.0. The molecule has 6 heteroatoms. The zero-order valence-corrected chi connectivity index (χ0v) is 11.1. The van der Waals surface area contributed by atoms with Gasteiger partial charge in [0.1, 0.15) is 0 Å².